The largest absolute Gasteiger partial charge is 0.386 e. The van der Waals surface area contributed by atoms with E-state index in [9.17, 15) is 5.11 Å². The maximum atomic E-state index is 10.2. The Bertz CT molecular complexity index is 191. The fraction of sp³-hybridized carbons (Fsp3) is 1.00. The summed E-state index contributed by atoms with van der Waals surface area (Å²) in [5, 5.41) is 16.5. The van der Waals surface area contributed by atoms with Crippen molar-refractivity contribution in [2.75, 3.05) is 74.0 Å². The predicted octanol–water partition coefficient (Wildman–Crippen LogP) is -0.816. The summed E-state index contributed by atoms with van der Waals surface area (Å²) in [6.07, 6.45) is -0.256. The maximum absolute atomic E-state index is 10.2. The molecular weight excluding hydrogens is 228 g/mol. The van der Waals surface area contributed by atoms with Gasteiger partial charge in [-0.25, -0.2) is 0 Å². The molecule has 0 amide bonds. The summed E-state index contributed by atoms with van der Waals surface area (Å²) in [5.41, 5.74) is 0. The van der Waals surface area contributed by atoms with Crippen LogP contribution in [0.4, 0.5) is 0 Å². The Labute approximate surface area is 113 Å². The molecule has 0 aliphatic carbocycles. The molecule has 0 aromatic rings. The predicted molar refractivity (Wildman–Crippen MR) is 77.8 cm³/mol. The fourth-order valence-corrected chi connectivity index (χ4v) is 1.89. The smallest absolute Gasteiger partial charge is 0.115 e. The van der Waals surface area contributed by atoms with E-state index in [1.165, 1.54) is 0 Å². The second-order valence-corrected chi connectivity index (χ2v) is 5.60. The second-order valence-electron chi connectivity index (χ2n) is 5.60. The van der Waals surface area contributed by atoms with Crippen LogP contribution in [0, 0.1) is 0 Å². The van der Waals surface area contributed by atoms with Gasteiger partial charge < -0.3 is 20.2 Å². The third-order valence-electron chi connectivity index (χ3n) is 3.39. The molecule has 0 aliphatic rings. The number of likely N-dealkylation sites (N-methyl/N-ethyl adjacent to an activating group) is 3. The maximum Gasteiger partial charge on any atom is 0.115 e. The minimum Gasteiger partial charge on any atom is -0.386 e. The summed E-state index contributed by atoms with van der Waals surface area (Å²) >= 11 is 0. The highest BCUT2D eigenvalue weighted by Gasteiger charge is 2.20. The van der Waals surface area contributed by atoms with Crippen LogP contribution in [0.1, 0.15) is 6.92 Å². The number of rotatable bonds is 11. The van der Waals surface area contributed by atoms with Gasteiger partial charge in [0, 0.05) is 32.7 Å². The van der Waals surface area contributed by atoms with Crippen LogP contribution in [0.25, 0.3) is 0 Å². The highest BCUT2D eigenvalue weighted by molar-refractivity contribution is 4.66. The van der Waals surface area contributed by atoms with Crippen LogP contribution in [0.15, 0.2) is 0 Å². The molecule has 110 valence electrons. The number of nitrogens with zero attached hydrogens (tertiary/aromatic N) is 2. The zero-order valence-electron chi connectivity index (χ0n) is 12.9. The van der Waals surface area contributed by atoms with E-state index < -0.39 is 0 Å². The van der Waals surface area contributed by atoms with E-state index in [4.69, 9.17) is 0 Å². The molecule has 5 heteroatoms. The lowest BCUT2D eigenvalue weighted by atomic mass is 10.2. The third-order valence-corrected chi connectivity index (χ3v) is 3.39. The topological polar surface area (TPSA) is 47.5 Å². The van der Waals surface area contributed by atoms with Gasteiger partial charge in [0.25, 0.3) is 0 Å². The van der Waals surface area contributed by atoms with E-state index in [1.807, 2.05) is 14.1 Å². The van der Waals surface area contributed by atoms with Gasteiger partial charge in [-0.1, -0.05) is 0 Å². The van der Waals surface area contributed by atoms with Crippen molar-refractivity contribution < 1.29 is 9.59 Å². The quantitative estimate of drug-likeness (QED) is 0.426. The molecule has 5 nitrogen and oxygen atoms in total. The first-order valence-corrected chi connectivity index (χ1v) is 6.96. The van der Waals surface area contributed by atoms with Gasteiger partial charge in [-0.05, 0) is 21.0 Å². The van der Waals surface area contributed by atoms with Crippen molar-refractivity contribution in [2.24, 2.45) is 0 Å². The van der Waals surface area contributed by atoms with Gasteiger partial charge in [0.1, 0.15) is 12.6 Å². The van der Waals surface area contributed by atoms with Crippen LogP contribution in [0.5, 0.6) is 0 Å². The Morgan fingerprint density at radius 1 is 1.11 bits per heavy atom. The van der Waals surface area contributed by atoms with E-state index >= 15 is 0 Å². The fourth-order valence-electron chi connectivity index (χ4n) is 1.89. The van der Waals surface area contributed by atoms with Crippen molar-refractivity contribution in [3.05, 3.63) is 0 Å². The van der Waals surface area contributed by atoms with E-state index in [1.54, 1.807) is 0 Å². The first-order chi connectivity index (χ1) is 8.45. The van der Waals surface area contributed by atoms with E-state index in [0.717, 1.165) is 50.3 Å². The van der Waals surface area contributed by atoms with Gasteiger partial charge in [0.2, 0.25) is 0 Å². The molecule has 0 spiro atoms. The Morgan fingerprint density at radius 2 is 1.61 bits per heavy atom. The van der Waals surface area contributed by atoms with Crippen molar-refractivity contribution in [1.29, 1.82) is 0 Å². The van der Waals surface area contributed by atoms with Crippen LogP contribution in [0.2, 0.25) is 0 Å². The second kappa shape index (κ2) is 9.69. The lowest BCUT2D eigenvalue weighted by Gasteiger charge is -2.32. The highest BCUT2D eigenvalue weighted by Crippen LogP contribution is 2.01. The summed E-state index contributed by atoms with van der Waals surface area (Å²) in [6.45, 7) is 8.66. The summed E-state index contributed by atoms with van der Waals surface area (Å²) in [7, 11) is 8.25. The van der Waals surface area contributed by atoms with Crippen molar-refractivity contribution in [2.45, 2.75) is 13.0 Å². The Morgan fingerprint density at radius 3 is 2.00 bits per heavy atom. The average molecular weight is 261 g/mol. The standard InChI is InChI=1S/C13H33N4O/c1-6-17(4,5)12-13(18)11-16(9-7-14-2)10-8-15-3/h13-15,18H,6-12H2,1-5H3/q+1. The number of hydrogen-bond donors (Lipinski definition) is 3. The first kappa shape index (κ1) is 17.8. The number of aliphatic hydroxyl groups is 1. The molecule has 0 saturated heterocycles. The average Bonchev–Trinajstić information content (AvgIpc) is 2.32. The first-order valence-electron chi connectivity index (χ1n) is 6.96. The number of nitrogens with one attached hydrogen (secondary N) is 2. The van der Waals surface area contributed by atoms with E-state index in [0.29, 0.717) is 0 Å². The zero-order valence-corrected chi connectivity index (χ0v) is 12.9. The molecule has 0 aromatic heterocycles. The molecule has 0 aliphatic heterocycles. The molecule has 18 heavy (non-hydrogen) atoms. The summed E-state index contributed by atoms with van der Waals surface area (Å²) in [5.74, 6) is 0. The monoisotopic (exact) mass is 261 g/mol. The lowest BCUT2D eigenvalue weighted by molar-refractivity contribution is -0.891. The van der Waals surface area contributed by atoms with Crippen LogP contribution in [-0.2, 0) is 0 Å². The Hall–Kier alpha value is -0.200. The molecule has 1 unspecified atom stereocenters. The van der Waals surface area contributed by atoms with Crippen LogP contribution in [0.3, 0.4) is 0 Å². The zero-order chi connectivity index (χ0) is 14.0. The lowest BCUT2D eigenvalue weighted by Crippen LogP contribution is -2.49. The van der Waals surface area contributed by atoms with Gasteiger partial charge in [-0.2, -0.15) is 0 Å². The SMILES string of the molecule is CC[N+](C)(C)CC(O)CN(CCNC)CCNC. The Balaban J connectivity index is 4.11. The van der Waals surface area contributed by atoms with Crippen molar-refractivity contribution in [1.82, 2.24) is 15.5 Å². The highest BCUT2D eigenvalue weighted by atomic mass is 16.3. The van der Waals surface area contributed by atoms with Crippen molar-refractivity contribution >= 4 is 0 Å². The summed E-state index contributed by atoms with van der Waals surface area (Å²) in [4.78, 5) is 2.31. The molecule has 0 rings (SSSR count). The van der Waals surface area contributed by atoms with Gasteiger partial charge in [-0.3, -0.25) is 4.90 Å². The van der Waals surface area contributed by atoms with Gasteiger partial charge in [0.15, 0.2) is 0 Å². The molecule has 0 bridgehead atoms. The van der Waals surface area contributed by atoms with E-state index in [-0.39, 0.29) is 6.10 Å². The number of hydrogen-bond acceptors (Lipinski definition) is 4. The van der Waals surface area contributed by atoms with Crippen LogP contribution >= 0.6 is 0 Å². The third kappa shape index (κ3) is 8.83. The number of quaternary nitrogens is 1. The molecule has 3 N–H and O–H groups in total. The minimum absolute atomic E-state index is 0.256. The van der Waals surface area contributed by atoms with Crippen molar-refractivity contribution in [3.63, 3.8) is 0 Å². The van der Waals surface area contributed by atoms with Crippen LogP contribution in [-0.4, -0.2) is 94.6 Å². The summed E-state index contributed by atoms with van der Waals surface area (Å²) < 4.78 is 0.868. The molecule has 0 fully saturated rings. The molecular formula is C13H33N4O+. The molecule has 0 radical (unpaired) electrons. The molecule has 0 heterocycles. The number of aliphatic hydroxyl groups excluding tert-OH is 1. The molecule has 1 atom stereocenters. The molecule has 0 aromatic carbocycles. The van der Waals surface area contributed by atoms with E-state index in [2.05, 4.69) is 36.6 Å². The minimum atomic E-state index is -0.256. The van der Waals surface area contributed by atoms with Crippen LogP contribution < -0.4 is 10.6 Å². The summed E-state index contributed by atoms with van der Waals surface area (Å²) in [6, 6.07) is 0. The normalized spacial score (nSPS) is 14.2. The molecule has 0 saturated carbocycles. The van der Waals surface area contributed by atoms with Gasteiger partial charge in [-0.15, -0.1) is 0 Å². The Kier molecular flexibility index (Phi) is 9.59. The van der Waals surface area contributed by atoms with Crippen molar-refractivity contribution in [3.8, 4) is 0 Å². The van der Waals surface area contributed by atoms with Gasteiger partial charge >= 0.3 is 0 Å². The van der Waals surface area contributed by atoms with Gasteiger partial charge in [0.05, 0.1) is 20.6 Å².